The number of thioether (sulfide) groups is 1. The van der Waals surface area contributed by atoms with Gasteiger partial charge in [-0.2, -0.15) is 0 Å². The predicted octanol–water partition coefficient (Wildman–Crippen LogP) is 4.57. The third kappa shape index (κ3) is 4.59. The smallest absolute Gasteiger partial charge is 0.222 e. The van der Waals surface area contributed by atoms with Crippen molar-refractivity contribution >= 4 is 56.6 Å². The zero-order chi connectivity index (χ0) is 19.3. The van der Waals surface area contributed by atoms with E-state index in [4.69, 9.17) is 11.6 Å². The van der Waals surface area contributed by atoms with Crippen LogP contribution in [-0.2, 0) is 4.79 Å². The third-order valence-electron chi connectivity index (χ3n) is 4.79. The molecule has 1 aromatic carbocycles. The Bertz CT molecular complexity index is 939. The van der Waals surface area contributed by atoms with Gasteiger partial charge >= 0.3 is 0 Å². The second kappa shape index (κ2) is 9.11. The van der Waals surface area contributed by atoms with Crippen molar-refractivity contribution < 1.29 is 4.79 Å². The van der Waals surface area contributed by atoms with Gasteiger partial charge in [0.1, 0.15) is 17.0 Å². The molecule has 5 nitrogen and oxygen atoms in total. The summed E-state index contributed by atoms with van der Waals surface area (Å²) in [7, 11) is 0. The van der Waals surface area contributed by atoms with Crippen LogP contribution >= 0.6 is 34.7 Å². The molecule has 1 aliphatic rings. The molecule has 0 atom stereocenters. The highest BCUT2D eigenvalue weighted by Crippen LogP contribution is 2.27. The van der Waals surface area contributed by atoms with Gasteiger partial charge in [-0.05, 0) is 47.9 Å². The van der Waals surface area contributed by atoms with Crippen LogP contribution < -0.4 is 4.90 Å². The van der Waals surface area contributed by atoms with Crippen molar-refractivity contribution in [1.82, 2.24) is 14.9 Å². The van der Waals surface area contributed by atoms with Gasteiger partial charge in [0.25, 0.3) is 0 Å². The molecular formula is C20H21ClN4OS2. The number of thiophene rings is 1. The van der Waals surface area contributed by atoms with E-state index in [1.165, 1.54) is 4.90 Å². The standard InChI is InChI=1S/C20H21ClN4OS2/c21-15-3-5-16(6-4-15)27-12-1-2-18(26)24-8-10-25(11-9-24)19-17-7-13-28-20(17)23-14-22-19/h3-7,13-14H,1-2,8-12H2. The molecule has 0 bridgehead atoms. The van der Waals surface area contributed by atoms with Crippen LogP contribution in [0.1, 0.15) is 12.8 Å². The van der Waals surface area contributed by atoms with Gasteiger partial charge < -0.3 is 9.80 Å². The number of anilines is 1. The zero-order valence-electron chi connectivity index (χ0n) is 15.4. The molecule has 146 valence electrons. The zero-order valence-corrected chi connectivity index (χ0v) is 17.8. The van der Waals surface area contributed by atoms with E-state index in [2.05, 4.69) is 20.9 Å². The first-order chi connectivity index (χ1) is 13.7. The average molecular weight is 433 g/mol. The molecule has 0 saturated carbocycles. The Kier molecular flexibility index (Phi) is 6.34. The Hall–Kier alpha value is -1.83. The lowest BCUT2D eigenvalue weighted by Crippen LogP contribution is -2.49. The molecule has 0 radical (unpaired) electrons. The van der Waals surface area contributed by atoms with E-state index in [9.17, 15) is 4.79 Å². The van der Waals surface area contributed by atoms with Crippen LogP contribution in [0.15, 0.2) is 46.9 Å². The van der Waals surface area contributed by atoms with Gasteiger partial charge in [-0.1, -0.05) is 11.6 Å². The van der Waals surface area contributed by atoms with Crippen molar-refractivity contribution in [2.45, 2.75) is 17.7 Å². The molecule has 1 saturated heterocycles. The fourth-order valence-corrected chi connectivity index (χ4v) is 5.01. The molecule has 3 heterocycles. The molecular weight excluding hydrogens is 412 g/mol. The quantitative estimate of drug-likeness (QED) is 0.422. The molecule has 0 N–H and O–H groups in total. The Morgan fingerprint density at radius 3 is 2.68 bits per heavy atom. The summed E-state index contributed by atoms with van der Waals surface area (Å²) in [6, 6.07) is 9.91. The first-order valence-electron chi connectivity index (χ1n) is 9.30. The summed E-state index contributed by atoms with van der Waals surface area (Å²) in [4.78, 5) is 27.8. The summed E-state index contributed by atoms with van der Waals surface area (Å²) in [6.45, 7) is 3.12. The number of fused-ring (bicyclic) bond motifs is 1. The Balaban J connectivity index is 1.23. The number of hydrogen-bond acceptors (Lipinski definition) is 6. The Morgan fingerprint density at radius 1 is 1.11 bits per heavy atom. The average Bonchev–Trinajstić information content (AvgIpc) is 3.21. The molecule has 1 aliphatic heterocycles. The minimum atomic E-state index is 0.250. The van der Waals surface area contributed by atoms with Crippen LogP contribution in [0.25, 0.3) is 10.2 Å². The highest BCUT2D eigenvalue weighted by Gasteiger charge is 2.23. The van der Waals surface area contributed by atoms with Crippen LogP contribution in [0.3, 0.4) is 0 Å². The largest absolute Gasteiger partial charge is 0.352 e. The summed E-state index contributed by atoms with van der Waals surface area (Å²) in [5.74, 6) is 2.17. The number of carbonyl (C=O) groups is 1. The van der Waals surface area contributed by atoms with Crippen LogP contribution in [0.2, 0.25) is 5.02 Å². The molecule has 1 amide bonds. The molecule has 0 aliphatic carbocycles. The lowest BCUT2D eigenvalue weighted by Gasteiger charge is -2.35. The van der Waals surface area contributed by atoms with Gasteiger partial charge in [-0.15, -0.1) is 23.1 Å². The topological polar surface area (TPSA) is 49.3 Å². The van der Waals surface area contributed by atoms with E-state index in [1.807, 2.05) is 34.5 Å². The molecule has 3 aromatic rings. The first kappa shape index (κ1) is 19.5. The molecule has 1 fully saturated rings. The second-order valence-electron chi connectivity index (χ2n) is 6.61. The highest BCUT2D eigenvalue weighted by atomic mass is 35.5. The summed E-state index contributed by atoms with van der Waals surface area (Å²) in [5.41, 5.74) is 0. The lowest BCUT2D eigenvalue weighted by molar-refractivity contribution is -0.131. The molecule has 2 aromatic heterocycles. The summed E-state index contributed by atoms with van der Waals surface area (Å²) >= 11 is 9.30. The molecule has 0 spiro atoms. The van der Waals surface area contributed by atoms with Crippen molar-refractivity contribution in [2.75, 3.05) is 36.8 Å². The van der Waals surface area contributed by atoms with Gasteiger partial charge in [-0.3, -0.25) is 4.79 Å². The number of piperazine rings is 1. The maximum atomic E-state index is 12.5. The van der Waals surface area contributed by atoms with Crippen molar-refractivity contribution in [1.29, 1.82) is 0 Å². The number of amides is 1. The Labute approximate surface area is 177 Å². The number of halogens is 1. The van der Waals surface area contributed by atoms with Gasteiger partial charge in [0.15, 0.2) is 0 Å². The third-order valence-corrected chi connectivity index (χ3v) is 6.96. The fourth-order valence-electron chi connectivity index (χ4n) is 3.30. The Morgan fingerprint density at radius 2 is 1.89 bits per heavy atom. The maximum Gasteiger partial charge on any atom is 0.222 e. The number of hydrogen-bond donors (Lipinski definition) is 0. The summed E-state index contributed by atoms with van der Waals surface area (Å²) in [6.07, 6.45) is 3.11. The van der Waals surface area contributed by atoms with Crippen molar-refractivity contribution in [3.05, 3.63) is 47.1 Å². The van der Waals surface area contributed by atoms with Gasteiger partial charge in [0.05, 0.1) is 5.39 Å². The molecule has 4 rings (SSSR count). The van der Waals surface area contributed by atoms with Crippen LogP contribution in [0.5, 0.6) is 0 Å². The fraction of sp³-hybridized carbons (Fsp3) is 0.350. The highest BCUT2D eigenvalue weighted by molar-refractivity contribution is 7.99. The van der Waals surface area contributed by atoms with E-state index in [1.54, 1.807) is 29.4 Å². The summed E-state index contributed by atoms with van der Waals surface area (Å²) < 4.78 is 0. The monoisotopic (exact) mass is 432 g/mol. The molecule has 8 heteroatoms. The number of benzene rings is 1. The van der Waals surface area contributed by atoms with E-state index in [0.29, 0.717) is 6.42 Å². The minimum absolute atomic E-state index is 0.250. The van der Waals surface area contributed by atoms with Crippen molar-refractivity contribution in [3.63, 3.8) is 0 Å². The van der Waals surface area contributed by atoms with Crippen molar-refractivity contribution in [3.8, 4) is 0 Å². The predicted molar refractivity (Wildman–Crippen MR) is 118 cm³/mol. The number of carbonyl (C=O) groups excluding carboxylic acids is 1. The number of nitrogens with zero attached hydrogens (tertiary/aromatic N) is 4. The normalized spacial score (nSPS) is 14.6. The minimum Gasteiger partial charge on any atom is -0.352 e. The van der Waals surface area contributed by atoms with Crippen LogP contribution in [0.4, 0.5) is 5.82 Å². The van der Waals surface area contributed by atoms with E-state index in [0.717, 1.165) is 59.4 Å². The van der Waals surface area contributed by atoms with Gasteiger partial charge in [-0.25, -0.2) is 9.97 Å². The molecule has 0 unspecified atom stereocenters. The number of aromatic nitrogens is 2. The lowest BCUT2D eigenvalue weighted by atomic mass is 10.2. The first-order valence-corrected chi connectivity index (χ1v) is 11.5. The second-order valence-corrected chi connectivity index (χ2v) is 9.11. The van der Waals surface area contributed by atoms with Gasteiger partial charge in [0.2, 0.25) is 5.91 Å². The maximum absolute atomic E-state index is 12.5. The van der Waals surface area contributed by atoms with Crippen LogP contribution in [0, 0.1) is 0 Å². The van der Waals surface area contributed by atoms with Crippen molar-refractivity contribution in [2.24, 2.45) is 0 Å². The number of rotatable bonds is 6. The van der Waals surface area contributed by atoms with E-state index >= 15 is 0 Å². The SMILES string of the molecule is O=C(CCCSc1ccc(Cl)cc1)N1CCN(c2ncnc3sccc23)CC1. The van der Waals surface area contributed by atoms with Gasteiger partial charge in [0, 0.05) is 42.5 Å². The molecule has 28 heavy (non-hydrogen) atoms. The van der Waals surface area contributed by atoms with E-state index < -0.39 is 0 Å². The summed E-state index contributed by atoms with van der Waals surface area (Å²) in [5, 5.41) is 3.90. The van der Waals surface area contributed by atoms with Crippen LogP contribution in [-0.4, -0.2) is 52.7 Å². The van der Waals surface area contributed by atoms with E-state index in [-0.39, 0.29) is 5.91 Å².